The lowest BCUT2D eigenvalue weighted by atomic mass is 9.84. The minimum absolute atomic E-state index is 0. The van der Waals surface area contributed by atoms with Gasteiger partial charge in [-0.1, -0.05) is 89.3 Å². The van der Waals surface area contributed by atoms with Crippen LogP contribution in [0.2, 0.25) is 0 Å². The molecule has 0 saturated heterocycles. The molecule has 38 heavy (non-hydrogen) atoms. The van der Waals surface area contributed by atoms with Gasteiger partial charge >= 0.3 is 5.97 Å². The van der Waals surface area contributed by atoms with Gasteiger partial charge in [0.1, 0.15) is 11.9 Å². The number of ether oxygens (including phenoxy) is 2. The van der Waals surface area contributed by atoms with E-state index in [2.05, 4.69) is 71.2 Å². The van der Waals surface area contributed by atoms with Gasteiger partial charge in [0.15, 0.2) is 18.2 Å². The zero-order chi connectivity index (χ0) is 26.0. The number of hydrogen-bond acceptors (Lipinski definition) is 4. The molecule has 0 amide bonds. The van der Waals surface area contributed by atoms with Gasteiger partial charge in [-0.15, -0.1) is 12.4 Å². The van der Waals surface area contributed by atoms with E-state index in [1.54, 1.807) is 12.1 Å². The van der Waals surface area contributed by atoms with Gasteiger partial charge < -0.3 is 14.6 Å². The molecule has 3 atom stereocenters. The maximum Gasteiger partial charge on any atom is 0.341 e. The summed E-state index contributed by atoms with van der Waals surface area (Å²) in [6.45, 7) is 2.17. The molecule has 0 saturated carbocycles. The molecular weight excluding hydrogens is 620 g/mol. The van der Waals surface area contributed by atoms with Crippen molar-refractivity contribution in [3.63, 3.8) is 0 Å². The summed E-state index contributed by atoms with van der Waals surface area (Å²) in [5.41, 5.74) is 3.08. The van der Waals surface area contributed by atoms with Crippen molar-refractivity contribution in [2.75, 3.05) is 13.2 Å². The number of fused-ring (bicyclic) bond motifs is 2. The normalized spacial score (nSPS) is 18.0. The van der Waals surface area contributed by atoms with E-state index in [0.29, 0.717) is 13.0 Å². The van der Waals surface area contributed by atoms with Gasteiger partial charge in [-0.3, -0.25) is 5.32 Å². The van der Waals surface area contributed by atoms with Crippen molar-refractivity contribution >= 4 is 51.7 Å². The molecule has 8 heteroatoms. The average Bonchev–Trinajstić information content (AvgIpc) is 2.90. The molecular formula is C30H28ClFINO4. The number of hydrogen-bond donors (Lipinski definition) is 2. The number of rotatable bonds is 8. The molecule has 5 nitrogen and oxygen atoms in total. The topological polar surface area (TPSA) is 67.8 Å². The summed E-state index contributed by atoms with van der Waals surface area (Å²) in [7, 11) is 0. The maximum atomic E-state index is 14.3. The van der Waals surface area contributed by atoms with Crippen LogP contribution in [0.15, 0.2) is 84.9 Å². The summed E-state index contributed by atoms with van der Waals surface area (Å²) in [6.07, 6.45) is 0.549. The van der Waals surface area contributed by atoms with Crippen LogP contribution in [0.3, 0.4) is 0 Å². The van der Waals surface area contributed by atoms with E-state index in [1.165, 1.54) is 22.4 Å². The third-order valence-corrected chi connectivity index (χ3v) is 7.72. The van der Waals surface area contributed by atoms with Crippen LogP contribution in [0.25, 0.3) is 10.8 Å². The van der Waals surface area contributed by atoms with E-state index in [1.807, 2.05) is 30.3 Å². The largest absolute Gasteiger partial charge is 0.489 e. The van der Waals surface area contributed by atoms with E-state index in [-0.39, 0.29) is 33.7 Å². The summed E-state index contributed by atoms with van der Waals surface area (Å²) in [6, 6.07) is 27.3. The molecule has 198 valence electrons. The number of benzene rings is 4. The van der Waals surface area contributed by atoms with Crippen LogP contribution >= 0.6 is 35.0 Å². The Bertz CT molecular complexity index is 1440. The predicted molar refractivity (Wildman–Crippen MR) is 157 cm³/mol. The lowest BCUT2D eigenvalue weighted by Gasteiger charge is -2.35. The standard InChI is InChI=1S/C30H27FINO4.ClH/c1-30(32,25-11-6-8-19-7-2-3-9-22(19)25)33-17-21-16-24(23-10-4-5-12-27(23)37-21)20-13-14-26(31)28(15-20)36-18-29(34)35;/h2-15,21,24,33H,16-18H2,1H3,(H,34,35);1H/t21-,24+,30?;/m1./s1. The molecule has 5 rings (SSSR count). The van der Waals surface area contributed by atoms with Crippen molar-refractivity contribution in [1.29, 1.82) is 0 Å². The van der Waals surface area contributed by atoms with E-state index in [9.17, 15) is 9.18 Å². The second kappa shape index (κ2) is 11.9. The number of carbonyl (C=O) groups is 1. The van der Waals surface area contributed by atoms with Crippen LogP contribution in [0, 0.1) is 5.82 Å². The van der Waals surface area contributed by atoms with Crippen molar-refractivity contribution in [2.24, 2.45) is 0 Å². The van der Waals surface area contributed by atoms with Crippen molar-refractivity contribution in [3.8, 4) is 11.5 Å². The summed E-state index contributed by atoms with van der Waals surface area (Å²) in [5.74, 6) is -1.06. The fourth-order valence-electron chi connectivity index (χ4n) is 4.96. The summed E-state index contributed by atoms with van der Waals surface area (Å²) in [4.78, 5) is 10.9. The zero-order valence-corrected chi connectivity index (χ0v) is 23.7. The number of aliphatic carboxylic acids is 1. The molecule has 4 aromatic carbocycles. The summed E-state index contributed by atoms with van der Waals surface area (Å²) < 4.78 is 25.6. The minimum atomic E-state index is -1.15. The summed E-state index contributed by atoms with van der Waals surface area (Å²) in [5, 5.41) is 15.1. The second-order valence-corrected chi connectivity index (χ2v) is 11.5. The monoisotopic (exact) mass is 647 g/mol. The number of nitrogens with one attached hydrogen (secondary N) is 1. The molecule has 0 aromatic heterocycles. The molecule has 0 fully saturated rings. The number of alkyl halides is 1. The lowest BCUT2D eigenvalue weighted by Crippen LogP contribution is -2.42. The first-order valence-electron chi connectivity index (χ1n) is 12.1. The Morgan fingerprint density at radius 2 is 1.84 bits per heavy atom. The van der Waals surface area contributed by atoms with E-state index in [0.717, 1.165) is 16.9 Å². The van der Waals surface area contributed by atoms with E-state index < -0.39 is 18.4 Å². The predicted octanol–water partition coefficient (Wildman–Crippen LogP) is 7.04. The maximum absolute atomic E-state index is 14.3. The van der Waals surface area contributed by atoms with Gasteiger partial charge in [-0.25, -0.2) is 9.18 Å². The smallest absolute Gasteiger partial charge is 0.341 e. The van der Waals surface area contributed by atoms with Crippen molar-refractivity contribution in [1.82, 2.24) is 5.32 Å². The first-order chi connectivity index (χ1) is 17.8. The summed E-state index contributed by atoms with van der Waals surface area (Å²) >= 11 is 2.45. The molecule has 4 aromatic rings. The molecule has 0 spiro atoms. The zero-order valence-electron chi connectivity index (χ0n) is 20.7. The van der Waals surface area contributed by atoms with Crippen molar-refractivity contribution in [2.45, 2.75) is 28.9 Å². The Hall–Kier alpha value is -2.88. The fraction of sp³-hybridized carbons (Fsp3) is 0.233. The van der Waals surface area contributed by atoms with Crippen LogP contribution < -0.4 is 14.8 Å². The van der Waals surface area contributed by atoms with Gasteiger partial charge in [0.2, 0.25) is 0 Å². The van der Waals surface area contributed by atoms with Crippen molar-refractivity contribution in [3.05, 3.63) is 107 Å². The third-order valence-electron chi connectivity index (χ3n) is 6.75. The highest BCUT2D eigenvalue weighted by Crippen LogP contribution is 2.42. The Morgan fingerprint density at radius 3 is 2.66 bits per heavy atom. The van der Waals surface area contributed by atoms with Crippen LogP contribution in [-0.2, 0) is 8.34 Å². The molecule has 1 aliphatic heterocycles. The average molecular weight is 648 g/mol. The Kier molecular flexibility index (Phi) is 8.80. The van der Waals surface area contributed by atoms with Gasteiger partial charge in [0.05, 0.1) is 3.55 Å². The minimum Gasteiger partial charge on any atom is -0.489 e. The number of carboxylic acids is 1. The Morgan fingerprint density at radius 1 is 1.11 bits per heavy atom. The first kappa shape index (κ1) is 28.1. The van der Waals surface area contributed by atoms with Crippen LogP contribution in [0.4, 0.5) is 4.39 Å². The highest BCUT2D eigenvalue weighted by atomic mass is 127. The quantitative estimate of drug-likeness (QED) is 0.122. The van der Waals surface area contributed by atoms with Crippen LogP contribution in [-0.4, -0.2) is 30.3 Å². The lowest BCUT2D eigenvalue weighted by molar-refractivity contribution is -0.139. The van der Waals surface area contributed by atoms with E-state index in [4.69, 9.17) is 14.6 Å². The van der Waals surface area contributed by atoms with Gasteiger partial charge in [-0.2, -0.15) is 0 Å². The van der Waals surface area contributed by atoms with E-state index >= 15 is 0 Å². The highest BCUT2D eigenvalue weighted by Gasteiger charge is 2.32. The molecule has 0 bridgehead atoms. The van der Waals surface area contributed by atoms with Gasteiger partial charge in [-0.05, 0) is 53.4 Å². The Labute approximate surface area is 240 Å². The molecule has 1 heterocycles. The van der Waals surface area contributed by atoms with Gasteiger partial charge in [0, 0.05) is 18.0 Å². The van der Waals surface area contributed by atoms with Crippen LogP contribution in [0.1, 0.15) is 36.0 Å². The highest BCUT2D eigenvalue weighted by molar-refractivity contribution is 14.1. The second-order valence-electron chi connectivity index (χ2n) is 9.35. The molecule has 1 aliphatic rings. The van der Waals surface area contributed by atoms with Crippen molar-refractivity contribution < 1.29 is 23.8 Å². The SMILES string of the molecule is CC(I)(NC[C@H]1C[C@@H](c2ccc(F)c(OCC(=O)O)c2)c2ccccc2O1)c1cccc2ccccc12.Cl. The number of halogens is 3. The van der Waals surface area contributed by atoms with Crippen LogP contribution in [0.5, 0.6) is 11.5 Å². The third kappa shape index (κ3) is 6.06. The first-order valence-corrected chi connectivity index (χ1v) is 13.2. The number of para-hydroxylation sites is 1. The van der Waals surface area contributed by atoms with Gasteiger partial charge in [0.25, 0.3) is 0 Å². The Balaban J connectivity index is 0.00000336. The number of carboxylic acid groups (broad SMARTS) is 1. The molecule has 1 unspecified atom stereocenters. The molecule has 0 radical (unpaired) electrons. The fourth-order valence-corrected chi connectivity index (χ4v) is 5.65. The molecule has 2 N–H and O–H groups in total. The molecule has 0 aliphatic carbocycles.